The molecule has 0 bridgehead atoms. The van der Waals surface area contributed by atoms with E-state index in [1.54, 1.807) is 30.5 Å². The van der Waals surface area contributed by atoms with Gasteiger partial charge in [0.15, 0.2) is 0 Å². The number of nitrogens with zero attached hydrogens (tertiary/aromatic N) is 3. The second kappa shape index (κ2) is 8.47. The molecule has 1 heterocycles. The van der Waals surface area contributed by atoms with Crippen LogP contribution in [0, 0.1) is 5.41 Å². The van der Waals surface area contributed by atoms with Crippen molar-refractivity contribution < 1.29 is 4.79 Å². The van der Waals surface area contributed by atoms with E-state index in [2.05, 4.69) is 27.1 Å². The molecule has 0 aliphatic heterocycles. The van der Waals surface area contributed by atoms with Crippen LogP contribution >= 0.6 is 0 Å². The summed E-state index contributed by atoms with van der Waals surface area (Å²) >= 11 is 0. The van der Waals surface area contributed by atoms with Crippen LogP contribution in [-0.4, -0.2) is 28.4 Å². The molecular weight excluding hydrogens is 352 g/mol. The molecule has 0 unspecified atom stereocenters. The molecule has 1 aromatic heterocycles. The quantitative estimate of drug-likeness (QED) is 0.612. The van der Waals surface area contributed by atoms with Gasteiger partial charge in [0.25, 0.3) is 0 Å². The molecular formula is C21H24N6O. The highest BCUT2D eigenvalue weighted by atomic mass is 16.1. The Morgan fingerprint density at radius 3 is 2.68 bits per heavy atom. The molecule has 7 heteroatoms. The normalized spacial score (nSPS) is 15.8. The third-order valence-corrected chi connectivity index (χ3v) is 5.06. The van der Waals surface area contributed by atoms with Crippen molar-refractivity contribution in [1.29, 1.82) is 0 Å². The van der Waals surface area contributed by atoms with Gasteiger partial charge in [0.2, 0.25) is 5.91 Å². The van der Waals surface area contributed by atoms with Crippen molar-refractivity contribution in [3.8, 4) is 11.3 Å². The van der Waals surface area contributed by atoms with Gasteiger partial charge in [0, 0.05) is 41.2 Å². The minimum atomic E-state index is -0.469. The van der Waals surface area contributed by atoms with Crippen molar-refractivity contribution in [2.75, 3.05) is 11.9 Å². The van der Waals surface area contributed by atoms with Crippen LogP contribution in [0.15, 0.2) is 66.4 Å². The van der Waals surface area contributed by atoms with E-state index in [-0.39, 0.29) is 5.41 Å². The number of amides is 1. The number of primary amides is 1. The molecule has 1 aromatic carbocycles. The Balaban J connectivity index is 1.71. The average Bonchev–Trinajstić information content (AvgIpc) is 2.69. The van der Waals surface area contributed by atoms with Gasteiger partial charge in [-0.2, -0.15) is 0 Å². The highest BCUT2D eigenvalue weighted by Crippen LogP contribution is 2.42. The van der Waals surface area contributed by atoms with Crippen molar-refractivity contribution in [1.82, 2.24) is 10.2 Å². The number of carbonyl (C=O) groups excluding carboxylic acids is 1. The third-order valence-electron chi connectivity index (χ3n) is 5.06. The van der Waals surface area contributed by atoms with Gasteiger partial charge in [0.1, 0.15) is 5.82 Å². The third kappa shape index (κ3) is 4.09. The van der Waals surface area contributed by atoms with Crippen LogP contribution in [0.25, 0.3) is 11.3 Å². The number of rotatable bonds is 8. The zero-order valence-corrected chi connectivity index (χ0v) is 15.6. The number of allylic oxidation sites excluding steroid dienone is 1. The monoisotopic (exact) mass is 376 g/mol. The van der Waals surface area contributed by atoms with E-state index in [4.69, 9.17) is 11.5 Å². The maximum atomic E-state index is 11.3. The van der Waals surface area contributed by atoms with Crippen LogP contribution in [-0.2, 0) is 0 Å². The van der Waals surface area contributed by atoms with Gasteiger partial charge in [-0.3, -0.25) is 9.79 Å². The number of nitrogens with one attached hydrogen (secondary N) is 1. The lowest BCUT2D eigenvalue weighted by molar-refractivity contribution is 0.100. The number of aromatic nitrogens is 2. The van der Waals surface area contributed by atoms with Gasteiger partial charge in [-0.05, 0) is 43.2 Å². The van der Waals surface area contributed by atoms with Crippen molar-refractivity contribution in [3.05, 3.63) is 67.0 Å². The summed E-state index contributed by atoms with van der Waals surface area (Å²) in [5.41, 5.74) is 13.5. The van der Waals surface area contributed by atoms with E-state index in [1.807, 2.05) is 18.2 Å². The Morgan fingerprint density at radius 2 is 2.11 bits per heavy atom. The molecule has 1 saturated carbocycles. The number of carbonyl (C=O) groups is 1. The van der Waals surface area contributed by atoms with Crippen LogP contribution in [0.5, 0.6) is 0 Å². The highest BCUT2D eigenvalue weighted by Gasteiger charge is 2.40. The summed E-state index contributed by atoms with van der Waals surface area (Å²) in [5, 5.41) is 11.9. The van der Waals surface area contributed by atoms with Gasteiger partial charge < -0.3 is 16.8 Å². The van der Waals surface area contributed by atoms with Gasteiger partial charge in [-0.25, -0.2) is 0 Å². The van der Waals surface area contributed by atoms with Crippen LogP contribution in [0.3, 0.4) is 0 Å². The van der Waals surface area contributed by atoms with Gasteiger partial charge in [0.05, 0.1) is 5.69 Å². The van der Waals surface area contributed by atoms with E-state index in [9.17, 15) is 4.79 Å². The molecule has 1 amide bonds. The van der Waals surface area contributed by atoms with E-state index >= 15 is 0 Å². The first-order valence-corrected chi connectivity index (χ1v) is 9.13. The summed E-state index contributed by atoms with van der Waals surface area (Å²) in [4.78, 5) is 15.8. The fourth-order valence-electron chi connectivity index (χ4n) is 3.33. The van der Waals surface area contributed by atoms with Crippen molar-refractivity contribution in [2.45, 2.75) is 19.3 Å². The summed E-state index contributed by atoms with van der Waals surface area (Å²) in [5.74, 6) is 0.210. The van der Waals surface area contributed by atoms with E-state index in [1.165, 1.54) is 6.20 Å². The largest absolute Gasteiger partial charge is 0.403 e. The van der Waals surface area contributed by atoms with E-state index in [0.717, 1.165) is 30.5 Å². The van der Waals surface area contributed by atoms with Crippen molar-refractivity contribution >= 4 is 17.4 Å². The number of aliphatic imine (C=N–C) groups is 1. The summed E-state index contributed by atoms with van der Waals surface area (Å²) in [7, 11) is 0. The number of nitrogens with two attached hydrogens (primary N) is 2. The lowest BCUT2D eigenvalue weighted by Gasteiger charge is -2.42. The Kier molecular flexibility index (Phi) is 5.84. The molecule has 144 valence electrons. The molecule has 0 spiro atoms. The number of anilines is 1. The van der Waals surface area contributed by atoms with Crippen molar-refractivity contribution in [3.63, 3.8) is 0 Å². The van der Waals surface area contributed by atoms with E-state index in [0.29, 0.717) is 23.6 Å². The number of hydrogen-bond donors (Lipinski definition) is 3. The van der Waals surface area contributed by atoms with Gasteiger partial charge >= 0.3 is 0 Å². The zero-order valence-electron chi connectivity index (χ0n) is 15.6. The maximum Gasteiger partial charge on any atom is 0.248 e. The minimum Gasteiger partial charge on any atom is -0.403 e. The maximum absolute atomic E-state index is 11.3. The number of benzene rings is 1. The second-order valence-electron chi connectivity index (χ2n) is 6.80. The lowest BCUT2D eigenvalue weighted by Crippen LogP contribution is -2.43. The standard InChI is InChI=1S/C21H24N6O/c1-2-18(24-12-11-22)21(9-4-10-21)14-25-19-8-7-17(26-27-19)15-5-3-6-16(13-15)20(23)28/h2-3,5-8,11-13H,1,4,9-10,14,22H2,(H2,23,28)(H,25,27)/b12-11-,24-18+. The van der Waals surface area contributed by atoms with Gasteiger partial charge in [-0.15, -0.1) is 10.2 Å². The SMILES string of the molecule is C=C/C(=N\C=C/N)C1(CNc2ccc(-c3cccc(C(N)=O)c3)nn2)CCC1. The fraction of sp³-hybridized carbons (Fsp3) is 0.238. The molecule has 28 heavy (non-hydrogen) atoms. The van der Waals surface area contributed by atoms with Crippen LogP contribution in [0.1, 0.15) is 29.6 Å². The first-order chi connectivity index (χ1) is 13.6. The first kappa shape index (κ1) is 19.3. The van der Waals surface area contributed by atoms with Crippen LogP contribution in [0.2, 0.25) is 0 Å². The molecule has 1 aliphatic rings. The topological polar surface area (TPSA) is 119 Å². The molecule has 0 saturated heterocycles. The highest BCUT2D eigenvalue weighted by molar-refractivity contribution is 6.00. The summed E-state index contributed by atoms with van der Waals surface area (Å²) < 4.78 is 0. The van der Waals surface area contributed by atoms with Crippen LogP contribution < -0.4 is 16.8 Å². The molecule has 1 aliphatic carbocycles. The minimum absolute atomic E-state index is 0.0581. The smallest absolute Gasteiger partial charge is 0.248 e. The average molecular weight is 376 g/mol. The van der Waals surface area contributed by atoms with E-state index < -0.39 is 5.91 Å². The Morgan fingerprint density at radius 1 is 1.29 bits per heavy atom. The molecule has 2 aromatic rings. The summed E-state index contributed by atoms with van der Waals surface area (Å²) in [6.07, 6.45) is 8.03. The van der Waals surface area contributed by atoms with Gasteiger partial charge in [-0.1, -0.05) is 25.1 Å². The summed E-state index contributed by atoms with van der Waals surface area (Å²) in [6, 6.07) is 10.8. The molecule has 0 atom stereocenters. The fourth-order valence-corrected chi connectivity index (χ4v) is 3.33. The predicted octanol–water partition coefficient (Wildman–Crippen LogP) is 2.88. The Hall–Kier alpha value is -3.48. The van der Waals surface area contributed by atoms with Crippen LogP contribution in [0.4, 0.5) is 5.82 Å². The molecule has 7 nitrogen and oxygen atoms in total. The predicted molar refractivity (Wildman–Crippen MR) is 112 cm³/mol. The zero-order chi connectivity index (χ0) is 20.0. The Bertz CT molecular complexity index is 913. The summed E-state index contributed by atoms with van der Waals surface area (Å²) in [6.45, 7) is 4.58. The second-order valence-corrected chi connectivity index (χ2v) is 6.80. The lowest BCUT2D eigenvalue weighted by atomic mass is 9.65. The molecule has 5 N–H and O–H groups in total. The Labute approximate surface area is 164 Å². The molecule has 3 rings (SSSR count). The molecule has 0 radical (unpaired) electrons. The first-order valence-electron chi connectivity index (χ1n) is 9.13. The van der Waals surface area contributed by atoms with Crippen molar-refractivity contribution in [2.24, 2.45) is 21.9 Å². The molecule has 1 fully saturated rings. The number of hydrogen-bond acceptors (Lipinski definition) is 6.